The first-order valence-corrected chi connectivity index (χ1v) is 16.5. The van der Waals surface area contributed by atoms with Crippen molar-refractivity contribution in [2.24, 2.45) is 0 Å². The summed E-state index contributed by atoms with van der Waals surface area (Å²) in [6.07, 6.45) is 0.561. The maximum atomic E-state index is 14.3. The lowest BCUT2D eigenvalue weighted by Gasteiger charge is -2.37. The number of aryl methyl sites for hydroxylation is 2. The number of carbonyl (C=O) groups is 1. The Kier molecular flexibility index (Phi) is 9.71. The predicted octanol–water partition coefficient (Wildman–Crippen LogP) is 3.93. The van der Waals surface area contributed by atoms with Gasteiger partial charge in [0.1, 0.15) is 5.70 Å². The molecule has 9 nitrogen and oxygen atoms in total. The number of nitrogens with zero attached hydrogens (tertiary/aromatic N) is 4. The quantitative estimate of drug-likeness (QED) is 0.259. The van der Waals surface area contributed by atoms with Gasteiger partial charge in [-0.15, -0.1) is 0 Å². The first kappa shape index (κ1) is 31.0. The monoisotopic (exact) mass is 622 g/mol. The minimum atomic E-state index is -4.10. The van der Waals surface area contributed by atoms with Crippen LogP contribution in [-0.4, -0.2) is 87.8 Å². The number of pyridine rings is 1. The van der Waals surface area contributed by atoms with Crippen LogP contribution in [0.25, 0.3) is 5.70 Å². The van der Waals surface area contributed by atoms with Crippen molar-refractivity contribution in [1.82, 2.24) is 24.8 Å². The van der Waals surface area contributed by atoms with E-state index >= 15 is 0 Å². The molecule has 1 fully saturated rings. The second-order valence-electron chi connectivity index (χ2n) is 10.9. The third kappa shape index (κ3) is 6.72. The summed E-state index contributed by atoms with van der Waals surface area (Å²) in [6, 6.07) is 19.1. The molecular weight excluding hydrogens is 584 g/mol. The lowest BCUT2D eigenvalue weighted by Crippen LogP contribution is -2.47. The molecule has 228 valence electrons. The molecule has 0 unspecified atom stereocenters. The van der Waals surface area contributed by atoms with E-state index in [0.29, 0.717) is 43.0 Å². The van der Waals surface area contributed by atoms with Gasteiger partial charge < -0.3 is 15.5 Å². The molecule has 1 saturated heterocycles. The molecule has 0 saturated carbocycles. The number of halogens is 1. The summed E-state index contributed by atoms with van der Waals surface area (Å²) in [6.45, 7) is 8.96. The van der Waals surface area contributed by atoms with E-state index in [1.807, 2.05) is 55.6 Å². The highest BCUT2D eigenvalue weighted by Crippen LogP contribution is 2.36. The van der Waals surface area contributed by atoms with Crippen LogP contribution in [0.3, 0.4) is 0 Å². The smallest absolute Gasteiger partial charge is 0.282 e. The van der Waals surface area contributed by atoms with Crippen LogP contribution in [0.15, 0.2) is 71.4 Å². The van der Waals surface area contributed by atoms with Crippen LogP contribution in [0, 0.1) is 13.8 Å². The van der Waals surface area contributed by atoms with Gasteiger partial charge in [0.25, 0.3) is 10.0 Å². The molecule has 0 aliphatic carbocycles. The van der Waals surface area contributed by atoms with Gasteiger partial charge in [-0.2, -0.15) is 8.42 Å². The summed E-state index contributed by atoms with van der Waals surface area (Å²) in [7, 11) is -2.25. The Bertz CT molecular complexity index is 1600. The highest BCUT2D eigenvalue weighted by Gasteiger charge is 2.43. The number of piperazine rings is 1. The van der Waals surface area contributed by atoms with E-state index in [1.165, 1.54) is 4.31 Å². The van der Waals surface area contributed by atoms with Gasteiger partial charge in [0.15, 0.2) is 5.03 Å². The van der Waals surface area contributed by atoms with E-state index in [0.717, 1.165) is 42.5 Å². The highest BCUT2D eigenvalue weighted by atomic mass is 35.5. The largest absolute Gasteiger partial charge is 0.381 e. The van der Waals surface area contributed by atoms with Crippen molar-refractivity contribution in [1.29, 1.82) is 0 Å². The summed E-state index contributed by atoms with van der Waals surface area (Å²) in [5.41, 5.74) is 3.83. The second-order valence-corrected chi connectivity index (χ2v) is 13.2. The Morgan fingerprint density at radius 3 is 2.40 bits per heavy atom. The van der Waals surface area contributed by atoms with Crippen molar-refractivity contribution in [3.05, 3.63) is 93.8 Å². The fourth-order valence-electron chi connectivity index (χ4n) is 5.77. The van der Waals surface area contributed by atoms with Gasteiger partial charge in [-0.3, -0.25) is 14.0 Å². The summed E-state index contributed by atoms with van der Waals surface area (Å²) in [4.78, 5) is 23.3. The molecule has 5 rings (SSSR count). The fourth-order valence-corrected chi connectivity index (χ4v) is 7.72. The number of carbonyl (C=O) groups excluding carboxylic acids is 1. The number of allylic oxidation sites excluding steroid dienone is 1. The van der Waals surface area contributed by atoms with Crippen LogP contribution in [0.2, 0.25) is 5.02 Å². The van der Waals surface area contributed by atoms with Crippen molar-refractivity contribution in [3.8, 4) is 0 Å². The highest BCUT2D eigenvalue weighted by molar-refractivity contribution is 7.89. The minimum Gasteiger partial charge on any atom is -0.381 e. The van der Waals surface area contributed by atoms with Crippen LogP contribution in [-0.2, 0) is 10.0 Å². The first-order valence-electron chi connectivity index (χ1n) is 14.7. The second kappa shape index (κ2) is 13.5. The number of ketones is 1. The van der Waals surface area contributed by atoms with E-state index < -0.39 is 10.0 Å². The Balaban J connectivity index is 1.44. The van der Waals surface area contributed by atoms with Gasteiger partial charge in [-0.05, 0) is 62.7 Å². The summed E-state index contributed by atoms with van der Waals surface area (Å²) >= 11 is 6.20. The molecule has 0 spiro atoms. The zero-order chi connectivity index (χ0) is 30.6. The van der Waals surface area contributed by atoms with Gasteiger partial charge in [0.05, 0.1) is 11.3 Å². The molecule has 11 heteroatoms. The number of aromatic nitrogens is 1. The zero-order valence-corrected chi connectivity index (χ0v) is 26.5. The predicted molar refractivity (Wildman–Crippen MR) is 172 cm³/mol. The lowest BCUT2D eigenvalue weighted by atomic mass is 10.00. The topological polar surface area (TPSA) is 97.9 Å². The number of Topliss-reactive ketones (excluding diaryl/α,β-unsaturated/α-hetero) is 1. The normalized spacial score (nSPS) is 18.0. The zero-order valence-electron chi connectivity index (χ0n) is 24.9. The van der Waals surface area contributed by atoms with Crippen LogP contribution in [0.5, 0.6) is 0 Å². The van der Waals surface area contributed by atoms with Crippen LogP contribution in [0.4, 0.5) is 5.69 Å². The van der Waals surface area contributed by atoms with E-state index in [-0.39, 0.29) is 28.6 Å². The molecule has 0 amide bonds. The molecule has 3 heterocycles. The Morgan fingerprint density at radius 2 is 1.70 bits per heavy atom. The van der Waals surface area contributed by atoms with E-state index in [4.69, 9.17) is 11.6 Å². The number of hydrogen-bond donors (Lipinski definition) is 2. The minimum absolute atomic E-state index is 0.148. The molecule has 2 aromatic carbocycles. The van der Waals surface area contributed by atoms with E-state index in [9.17, 15) is 13.2 Å². The van der Waals surface area contributed by atoms with Crippen molar-refractivity contribution in [3.63, 3.8) is 0 Å². The van der Waals surface area contributed by atoms with Crippen molar-refractivity contribution in [2.75, 3.05) is 64.3 Å². The molecule has 2 aliphatic heterocycles. The Labute approximate surface area is 259 Å². The molecule has 2 N–H and O–H groups in total. The molecule has 0 radical (unpaired) electrons. The van der Waals surface area contributed by atoms with Gasteiger partial charge in [0.2, 0.25) is 5.78 Å². The average Bonchev–Trinajstić information content (AvgIpc) is 2.99. The third-order valence-corrected chi connectivity index (χ3v) is 9.86. The first-order chi connectivity index (χ1) is 20.7. The average molecular weight is 623 g/mol. The van der Waals surface area contributed by atoms with Crippen molar-refractivity contribution < 1.29 is 13.2 Å². The number of nitrogens with one attached hydrogen (secondary N) is 2. The summed E-state index contributed by atoms with van der Waals surface area (Å²) < 4.78 is 29.8. The number of sulfonamides is 1. The molecule has 3 aromatic rings. The van der Waals surface area contributed by atoms with Crippen LogP contribution >= 0.6 is 11.6 Å². The van der Waals surface area contributed by atoms with Crippen LogP contribution in [0.1, 0.15) is 33.6 Å². The van der Waals surface area contributed by atoms with Crippen molar-refractivity contribution >= 4 is 38.8 Å². The number of fused-ring (bicyclic) bond motifs is 1. The summed E-state index contributed by atoms with van der Waals surface area (Å²) in [5, 5.41) is 7.05. The SMILES string of the molecule is CNCCN/C(=C1\C(=O)c2c(C)cc(C)nc2S(=O)(=O)N1CCCN1CCN(c2cccc(Cl)c2)CC1)c1ccccc1. The van der Waals surface area contributed by atoms with E-state index in [2.05, 4.69) is 31.5 Å². The summed E-state index contributed by atoms with van der Waals surface area (Å²) in [5.74, 6) is -0.333. The number of anilines is 1. The maximum absolute atomic E-state index is 14.3. The number of rotatable bonds is 10. The van der Waals surface area contributed by atoms with E-state index in [1.54, 1.807) is 19.9 Å². The molecule has 2 aliphatic rings. The van der Waals surface area contributed by atoms with Crippen LogP contribution < -0.4 is 15.5 Å². The number of likely N-dealkylation sites (N-methyl/N-ethyl adjacent to an activating group) is 1. The number of hydrogen-bond acceptors (Lipinski definition) is 8. The standard InChI is InChI=1S/C32H39ClN6O3S/c1-23-21-24(2)36-32-28(23)31(40)30(29(35-14-13-34-3)25-9-5-4-6-10-25)39(43(32,41)42)16-8-15-37-17-19-38(20-18-37)27-12-7-11-26(33)22-27/h4-7,9-12,21-22,34-35H,8,13-20H2,1-3H3/b30-29+. The Morgan fingerprint density at radius 1 is 0.953 bits per heavy atom. The van der Waals surface area contributed by atoms with Gasteiger partial charge in [0, 0.05) is 68.8 Å². The molecule has 1 aromatic heterocycles. The van der Waals surface area contributed by atoms with Crippen molar-refractivity contribution in [2.45, 2.75) is 25.3 Å². The number of benzene rings is 2. The molecule has 43 heavy (non-hydrogen) atoms. The Hall–Kier alpha value is -3.44. The third-order valence-electron chi connectivity index (χ3n) is 7.89. The lowest BCUT2D eigenvalue weighted by molar-refractivity contribution is 0.0997. The fraction of sp³-hybridized carbons (Fsp3) is 0.375. The molecular formula is C32H39ClN6O3S. The van der Waals surface area contributed by atoms with Gasteiger partial charge >= 0.3 is 0 Å². The molecule has 0 bridgehead atoms. The van der Waals surface area contributed by atoms with Gasteiger partial charge in [-0.1, -0.05) is 48.0 Å². The van der Waals surface area contributed by atoms with Gasteiger partial charge in [-0.25, -0.2) is 4.98 Å². The molecule has 0 atom stereocenters. The maximum Gasteiger partial charge on any atom is 0.282 e.